The van der Waals surface area contributed by atoms with Crippen LogP contribution in [0.5, 0.6) is 0 Å². The molecule has 0 radical (unpaired) electrons. The number of rotatable bonds is 7. The number of nitrogens with one attached hydrogen (secondary N) is 1. The third kappa shape index (κ3) is 5.53. The molecule has 0 bridgehead atoms. The number of hydrogen-bond acceptors (Lipinski definition) is 3. The fraction of sp³-hybridized carbons (Fsp3) is 0.429. The molecule has 7 heteroatoms. The van der Waals surface area contributed by atoms with Crippen molar-refractivity contribution in [3.63, 3.8) is 0 Å². The largest absolute Gasteiger partial charge is 0.479 e. The lowest BCUT2D eigenvalue weighted by atomic mass is 10.0. The normalized spacial score (nSPS) is 13.5. The van der Waals surface area contributed by atoms with E-state index in [1.165, 1.54) is 7.11 Å². The maximum absolute atomic E-state index is 11.9. The van der Waals surface area contributed by atoms with Gasteiger partial charge in [0.25, 0.3) is 0 Å². The van der Waals surface area contributed by atoms with E-state index in [0.717, 1.165) is 5.56 Å². The van der Waals surface area contributed by atoms with E-state index in [9.17, 15) is 9.59 Å². The van der Waals surface area contributed by atoms with E-state index in [-0.39, 0.29) is 18.4 Å². The van der Waals surface area contributed by atoms with Crippen molar-refractivity contribution in [2.45, 2.75) is 19.4 Å². The Bertz CT molecular complexity index is 522. The van der Waals surface area contributed by atoms with E-state index in [0.29, 0.717) is 16.5 Å². The lowest BCUT2D eigenvalue weighted by Gasteiger charge is -2.15. The fourth-order valence-electron chi connectivity index (χ4n) is 1.75. The highest BCUT2D eigenvalue weighted by atomic mass is 35.5. The van der Waals surface area contributed by atoms with Crippen molar-refractivity contribution in [1.82, 2.24) is 5.32 Å². The van der Waals surface area contributed by atoms with Crippen LogP contribution in [0.2, 0.25) is 10.0 Å². The van der Waals surface area contributed by atoms with Crippen molar-refractivity contribution in [1.29, 1.82) is 0 Å². The Morgan fingerprint density at radius 3 is 2.57 bits per heavy atom. The highest BCUT2D eigenvalue weighted by Gasteiger charge is 2.20. The topological polar surface area (TPSA) is 75.6 Å². The van der Waals surface area contributed by atoms with Gasteiger partial charge in [0, 0.05) is 23.1 Å². The zero-order valence-corrected chi connectivity index (χ0v) is 13.2. The smallest absolute Gasteiger partial charge is 0.334 e. The van der Waals surface area contributed by atoms with Crippen molar-refractivity contribution < 1.29 is 19.4 Å². The maximum Gasteiger partial charge on any atom is 0.334 e. The summed E-state index contributed by atoms with van der Waals surface area (Å²) in [6.07, 6.45) is -0.618. The SMILES string of the molecule is COC(CNC(=O)C(C)Cc1ccc(Cl)cc1Cl)C(=O)O. The summed E-state index contributed by atoms with van der Waals surface area (Å²) in [5, 5.41) is 12.4. The second-order valence-electron chi connectivity index (χ2n) is 4.65. The summed E-state index contributed by atoms with van der Waals surface area (Å²) in [5.41, 5.74) is 0.810. The molecule has 1 aromatic rings. The van der Waals surface area contributed by atoms with Crippen LogP contribution >= 0.6 is 23.2 Å². The fourth-order valence-corrected chi connectivity index (χ4v) is 2.23. The molecule has 2 N–H and O–H groups in total. The predicted molar refractivity (Wildman–Crippen MR) is 80.8 cm³/mol. The van der Waals surface area contributed by atoms with Gasteiger partial charge in [0.1, 0.15) is 0 Å². The number of carboxylic acid groups (broad SMARTS) is 1. The first-order valence-corrected chi connectivity index (χ1v) is 7.08. The van der Waals surface area contributed by atoms with Crippen LogP contribution in [0, 0.1) is 5.92 Å². The monoisotopic (exact) mass is 333 g/mol. The van der Waals surface area contributed by atoms with Gasteiger partial charge in [-0.15, -0.1) is 0 Å². The number of halogens is 2. The summed E-state index contributed by atoms with van der Waals surface area (Å²) in [6.45, 7) is 1.66. The van der Waals surface area contributed by atoms with Crippen LogP contribution in [0.25, 0.3) is 0 Å². The third-order valence-corrected chi connectivity index (χ3v) is 3.60. The van der Waals surface area contributed by atoms with E-state index in [1.54, 1.807) is 25.1 Å². The van der Waals surface area contributed by atoms with Crippen LogP contribution in [-0.4, -0.2) is 36.7 Å². The summed E-state index contributed by atoms with van der Waals surface area (Å²) in [4.78, 5) is 22.7. The minimum absolute atomic E-state index is 0.0800. The number of methoxy groups -OCH3 is 1. The maximum atomic E-state index is 11.9. The molecule has 21 heavy (non-hydrogen) atoms. The average Bonchev–Trinajstić information content (AvgIpc) is 2.41. The number of benzene rings is 1. The molecule has 1 aromatic carbocycles. The summed E-state index contributed by atoms with van der Waals surface area (Å²) in [7, 11) is 1.28. The van der Waals surface area contributed by atoms with Gasteiger partial charge in [0.2, 0.25) is 5.91 Å². The van der Waals surface area contributed by atoms with Gasteiger partial charge in [-0.2, -0.15) is 0 Å². The molecular weight excluding hydrogens is 317 g/mol. The molecule has 0 saturated carbocycles. The van der Waals surface area contributed by atoms with Gasteiger partial charge < -0.3 is 15.2 Å². The van der Waals surface area contributed by atoms with Crippen LogP contribution in [0.3, 0.4) is 0 Å². The molecule has 0 aliphatic carbocycles. The lowest BCUT2D eigenvalue weighted by molar-refractivity contribution is -0.148. The number of aliphatic carboxylic acids is 1. The number of carbonyl (C=O) groups is 2. The molecule has 0 saturated heterocycles. The Balaban J connectivity index is 2.56. The minimum atomic E-state index is -1.12. The van der Waals surface area contributed by atoms with Crippen molar-refractivity contribution in [3.05, 3.63) is 33.8 Å². The van der Waals surface area contributed by atoms with Crippen molar-refractivity contribution in [2.24, 2.45) is 5.92 Å². The van der Waals surface area contributed by atoms with E-state index in [4.69, 9.17) is 33.0 Å². The standard InChI is InChI=1S/C14H17Cl2NO4/c1-8(5-9-3-4-10(15)6-11(9)16)13(18)17-7-12(21-2)14(19)20/h3-4,6,8,12H,5,7H2,1-2H3,(H,17,18)(H,19,20). The molecule has 2 atom stereocenters. The van der Waals surface area contributed by atoms with Crippen LogP contribution in [0.1, 0.15) is 12.5 Å². The average molecular weight is 334 g/mol. The first-order chi connectivity index (χ1) is 9.85. The van der Waals surface area contributed by atoms with E-state index >= 15 is 0 Å². The lowest BCUT2D eigenvalue weighted by Crippen LogP contribution is -2.40. The molecule has 0 aliphatic rings. The van der Waals surface area contributed by atoms with Crippen LogP contribution < -0.4 is 5.32 Å². The van der Waals surface area contributed by atoms with Gasteiger partial charge in [0.15, 0.2) is 6.10 Å². The molecule has 0 aromatic heterocycles. The number of ether oxygens (including phenoxy) is 1. The quantitative estimate of drug-likeness (QED) is 0.803. The van der Waals surface area contributed by atoms with Crippen molar-refractivity contribution >= 4 is 35.1 Å². The molecule has 116 valence electrons. The highest BCUT2D eigenvalue weighted by Crippen LogP contribution is 2.23. The van der Waals surface area contributed by atoms with E-state index < -0.39 is 12.1 Å². The molecule has 0 spiro atoms. The zero-order valence-electron chi connectivity index (χ0n) is 11.7. The first kappa shape index (κ1) is 17.8. The zero-order chi connectivity index (χ0) is 16.0. The first-order valence-electron chi connectivity index (χ1n) is 6.32. The van der Waals surface area contributed by atoms with Crippen LogP contribution in [-0.2, 0) is 20.7 Å². The van der Waals surface area contributed by atoms with Gasteiger partial charge >= 0.3 is 5.97 Å². The van der Waals surface area contributed by atoms with Crippen LogP contribution in [0.15, 0.2) is 18.2 Å². The van der Waals surface area contributed by atoms with Gasteiger partial charge in [0.05, 0.1) is 6.54 Å². The Labute approximate surface area is 133 Å². The van der Waals surface area contributed by atoms with E-state index in [2.05, 4.69) is 5.32 Å². The summed E-state index contributed by atoms with van der Waals surface area (Å²) in [5.74, 6) is -1.73. The molecule has 2 unspecified atom stereocenters. The number of carbonyl (C=O) groups excluding carboxylic acids is 1. The van der Waals surface area contributed by atoms with Crippen molar-refractivity contribution in [3.8, 4) is 0 Å². The Kier molecular flexibility index (Phi) is 6.95. The van der Waals surface area contributed by atoms with Gasteiger partial charge in [-0.1, -0.05) is 36.2 Å². The summed E-state index contributed by atoms with van der Waals surface area (Å²) in [6, 6.07) is 5.09. The molecule has 1 amide bonds. The third-order valence-electron chi connectivity index (χ3n) is 3.01. The van der Waals surface area contributed by atoms with Crippen LogP contribution in [0.4, 0.5) is 0 Å². The van der Waals surface area contributed by atoms with Crippen molar-refractivity contribution in [2.75, 3.05) is 13.7 Å². The number of carboxylic acids is 1. The van der Waals surface area contributed by atoms with Gasteiger partial charge in [-0.25, -0.2) is 4.79 Å². The minimum Gasteiger partial charge on any atom is -0.479 e. The molecule has 1 rings (SSSR count). The second-order valence-corrected chi connectivity index (χ2v) is 5.49. The molecule has 5 nitrogen and oxygen atoms in total. The predicted octanol–water partition coefficient (Wildman–Crippen LogP) is 2.39. The summed E-state index contributed by atoms with van der Waals surface area (Å²) < 4.78 is 4.74. The Hall–Kier alpha value is -1.30. The molecule has 0 fully saturated rings. The molecular formula is C14H17Cl2NO4. The number of hydrogen-bond donors (Lipinski definition) is 2. The second kappa shape index (κ2) is 8.22. The van der Waals surface area contributed by atoms with E-state index in [1.807, 2.05) is 0 Å². The highest BCUT2D eigenvalue weighted by molar-refractivity contribution is 6.35. The molecule has 0 heterocycles. The Morgan fingerprint density at radius 1 is 1.38 bits per heavy atom. The summed E-state index contributed by atoms with van der Waals surface area (Å²) >= 11 is 11.9. The van der Waals surface area contributed by atoms with Gasteiger partial charge in [-0.3, -0.25) is 4.79 Å². The molecule has 0 aliphatic heterocycles. The van der Waals surface area contributed by atoms with Gasteiger partial charge in [-0.05, 0) is 24.1 Å². The number of amides is 1. The Morgan fingerprint density at radius 2 is 2.05 bits per heavy atom.